The third-order valence-electron chi connectivity index (χ3n) is 4.40. The van der Waals surface area contributed by atoms with Gasteiger partial charge in [-0.05, 0) is 37.0 Å². The van der Waals surface area contributed by atoms with Crippen LogP contribution < -0.4 is 0 Å². The van der Waals surface area contributed by atoms with Crippen LogP contribution in [0.5, 0.6) is 0 Å². The molecule has 1 heterocycles. The van der Waals surface area contributed by atoms with Crippen LogP contribution in [-0.4, -0.2) is 23.2 Å². The maximum Gasteiger partial charge on any atom is 0.296 e. The van der Waals surface area contributed by atoms with E-state index in [0.717, 1.165) is 31.5 Å². The highest BCUT2D eigenvalue weighted by Gasteiger charge is 2.33. The van der Waals surface area contributed by atoms with Crippen molar-refractivity contribution in [1.29, 1.82) is 0 Å². The van der Waals surface area contributed by atoms with Gasteiger partial charge >= 0.3 is 0 Å². The molecule has 1 fully saturated rings. The maximum atomic E-state index is 11.4. The number of hydrogen-bond acceptors (Lipinski definition) is 4. The van der Waals surface area contributed by atoms with Gasteiger partial charge < -0.3 is 4.57 Å². The average molecular weight is 320 g/mol. The van der Waals surface area contributed by atoms with Crippen LogP contribution in [0.1, 0.15) is 58.2 Å². The van der Waals surface area contributed by atoms with E-state index in [9.17, 15) is 8.42 Å². The molecule has 0 N–H and O–H groups in total. The number of aromatic nitrogens is 3. The number of hydrogen-bond donors (Lipinski definition) is 0. The molecule has 0 aliphatic heterocycles. The molecule has 7 heteroatoms. The zero-order chi connectivity index (χ0) is 15.1. The van der Waals surface area contributed by atoms with Crippen LogP contribution in [0.2, 0.25) is 0 Å². The molecule has 0 amide bonds. The molecule has 0 bridgehead atoms. The number of rotatable bonds is 2. The van der Waals surface area contributed by atoms with Crippen molar-refractivity contribution in [1.82, 2.24) is 14.8 Å². The van der Waals surface area contributed by atoms with Crippen molar-refractivity contribution in [3.8, 4) is 0 Å². The van der Waals surface area contributed by atoms with Crippen molar-refractivity contribution < 1.29 is 8.42 Å². The van der Waals surface area contributed by atoms with Crippen molar-refractivity contribution in [3.63, 3.8) is 0 Å². The molecule has 0 aromatic carbocycles. The first kappa shape index (κ1) is 15.8. The summed E-state index contributed by atoms with van der Waals surface area (Å²) in [4.78, 5) is 0. The Morgan fingerprint density at radius 3 is 2.10 bits per heavy atom. The molecular formula is C13H22ClN3O2S. The molecule has 0 atom stereocenters. The molecule has 0 saturated heterocycles. The van der Waals surface area contributed by atoms with Crippen molar-refractivity contribution in [2.75, 3.05) is 0 Å². The van der Waals surface area contributed by atoms with E-state index in [-0.39, 0.29) is 11.1 Å². The molecule has 1 aliphatic carbocycles. The van der Waals surface area contributed by atoms with Gasteiger partial charge in [0.2, 0.25) is 0 Å². The van der Waals surface area contributed by atoms with Crippen LogP contribution in [-0.2, 0) is 16.1 Å². The van der Waals surface area contributed by atoms with E-state index in [2.05, 4.69) is 31.0 Å². The van der Waals surface area contributed by atoms with Gasteiger partial charge in [0.25, 0.3) is 14.2 Å². The molecule has 0 unspecified atom stereocenters. The minimum Gasteiger partial charge on any atom is -0.304 e. The summed E-state index contributed by atoms with van der Waals surface area (Å²) in [5, 5.41) is 7.61. The molecule has 114 valence electrons. The first-order valence-corrected chi connectivity index (χ1v) is 9.25. The zero-order valence-corrected chi connectivity index (χ0v) is 14.0. The average Bonchev–Trinajstić information content (AvgIpc) is 2.70. The van der Waals surface area contributed by atoms with Gasteiger partial charge in [0.1, 0.15) is 5.82 Å². The van der Waals surface area contributed by atoms with Gasteiger partial charge in [-0.3, -0.25) is 0 Å². The Morgan fingerprint density at radius 1 is 1.15 bits per heavy atom. The second kappa shape index (κ2) is 5.30. The van der Waals surface area contributed by atoms with Crippen LogP contribution in [0.25, 0.3) is 0 Å². The Bertz CT molecular complexity index is 581. The van der Waals surface area contributed by atoms with Crippen molar-refractivity contribution >= 4 is 19.7 Å². The summed E-state index contributed by atoms with van der Waals surface area (Å²) >= 11 is 0. The van der Waals surface area contributed by atoms with E-state index >= 15 is 0 Å². The minimum absolute atomic E-state index is 0.160. The van der Waals surface area contributed by atoms with Crippen molar-refractivity contribution in [2.24, 2.45) is 18.4 Å². The highest BCUT2D eigenvalue weighted by molar-refractivity contribution is 8.13. The monoisotopic (exact) mass is 319 g/mol. The van der Waals surface area contributed by atoms with Crippen LogP contribution >= 0.6 is 10.7 Å². The summed E-state index contributed by atoms with van der Waals surface area (Å²) in [5.74, 6) is 1.72. The summed E-state index contributed by atoms with van der Waals surface area (Å²) in [7, 11) is 3.19. The van der Waals surface area contributed by atoms with Gasteiger partial charge in [0.05, 0.1) is 0 Å². The van der Waals surface area contributed by atoms with Gasteiger partial charge in [-0.15, -0.1) is 10.2 Å². The first-order chi connectivity index (χ1) is 9.10. The Hall–Kier alpha value is -0.620. The van der Waals surface area contributed by atoms with Crippen molar-refractivity contribution in [2.45, 2.75) is 57.5 Å². The third kappa shape index (κ3) is 3.17. The fourth-order valence-corrected chi connectivity index (χ4v) is 4.07. The predicted molar refractivity (Wildman–Crippen MR) is 78.2 cm³/mol. The normalized spacial score (nSPS) is 24.9. The second-order valence-electron chi connectivity index (χ2n) is 6.75. The lowest BCUT2D eigenvalue weighted by Crippen LogP contribution is -2.26. The van der Waals surface area contributed by atoms with E-state index in [1.54, 1.807) is 7.05 Å². The lowest BCUT2D eigenvalue weighted by Gasteiger charge is -2.36. The molecular weight excluding hydrogens is 298 g/mol. The molecule has 2 rings (SSSR count). The van der Waals surface area contributed by atoms with Crippen LogP contribution in [0, 0.1) is 11.3 Å². The quantitative estimate of drug-likeness (QED) is 0.786. The Balaban J connectivity index is 2.14. The maximum absolute atomic E-state index is 11.4. The van der Waals surface area contributed by atoms with Gasteiger partial charge in [-0.25, -0.2) is 8.42 Å². The highest BCUT2D eigenvalue weighted by atomic mass is 35.7. The summed E-state index contributed by atoms with van der Waals surface area (Å²) in [5.41, 5.74) is 0.329. The van der Waals surface area contributed by atoms with E-state index in [1.807, 2.05) is 0 Å². The fraction of sp³-hybridized carbons (Fsp3) is 0.846. The standard InChI is InChI=1S/C13H22ClN3O2S/c1-13(2,3)10-7-5-9(6-8-10)11-15-16-12(17(11)4)20(14,18)19/h9-10H,5-8H2,1-4H3. The lowest BCUT2D eigenvalue weighted by molar-refractivity contribution is 0.166. The summed E-state index contributed by atoms with van der Waals surface area (Å²) in [6.45, 7) is 6.83. The highest BCUT2D eigenvalue weighted by Crippen LogP contribution is 2.42. The molecule has 1 aromatic heterocycles. The van der Waals surface area contributed by atoms with Crippen LogP contribution in [0.15, 0.2) is 5.16 Å². The summed E-state index contributed by atoms with van der Waals surface area (Å²) in [6, 6.07) is 0. The van der Waals surface area contributed by atoms with E-state index < -0.39 is 9.05 Å². The molecule has 1 aromatic rings. The second-order valence-corrected chi connectivity index (χ2v) is 9.21. The lowest BCUT2D eigenvalue weighted by atomic mass is 9.70. The molecule has 0 spiro atoms. The molecule has 0 radical (unpaired) electrons. The van der Waals surface area contributed by atoms with Gasteiger partial charge in [0.15, 0.2) is 0 Å². The molecule has 1 saturated carbocycles. The molecule has 5 nitrogen and oxygen atoms in total. The van der Waals surface area contributed by atoms with Gasteiger partial charge in [-0.2, -0.15) is 0 Å². The number of halogens is 1. The first-order valence-electron chi connectivity index (χ1n) is 6.94. The Labute approximate surface area is 125 Å². The van der Waals surface area contributed by atoms with E-state index in [0.29, 0.717) is 11.3 Å². The topological polar surface area (TPSA) is 64.8 Å². The Morgan fingerprint density at radius 2 is 1.70 bits per heavy atom. The van der Waals surface area contributed by atoms with Gasteiger partial charge in [0, 0.05) is 23.6 Å². The third-order valence-corrected chi connectivity index (χ3v) is 5.61. The predicted octanol–water partition coefficient (Wildman–Crippen LogP) is 3.06. The van der Waals surface area contributed by atoms with Crippen LogP contribution in [0.4, 0.5) is 0 Å². The van der Waals surface area contributed by atoms with Gasteiger partial charge in [-0.1, -0.05) is 20.8 Å². The van der Waals surface area contributed by atoms with E-state index in [1.165, 1.54) is 4.57 Å². The summed E-state index contributed by atoms with van der Waals surface area (Å²) < 4.78 is 24.3. The minimum atomic E-state index is -3.82. The zero-order valence-electron chi connectivity index (χ0n) is 12.4. The summed E-state index contributed by atoms with van der Waals surface area (Å²) in [6.07, 6.45) is 4.33. The molecule has 1 aliphatic rings. The fourth-order valence-electron chi connectivity index (χ4n) is 3.11. The SMILES string of the molecule is Cn1c(C2CCC(C(C)(C)C)CC2)nnc1S(=O)(=O)Cl. The van der Waals surface area contributed by atoms with E-state index in [4.69, 9.17) is 10.7 Å². The smallest absolute Gasteiger partial charge is 0.296 e. The molecule has 20 heavy (non-hydrogen) atoms. The number of nitrogens with zero attached hydrogens (tertiary/aromatic N) is 3. The van der Waals surface area contributed by atoms with Crippen molar-refractivity contribution in [3.05, 3.63) is 5.82 Å². The van der Waals surface area contributed by atoms with Crippen LogP contribution in [0.3, 0.4) is 0 Å². The Kier molecular flexibility index (Phi) is 4.17. The largest absolute Gasteiger partial charge is 0.304 e.